The number of hydrogen-bond donors (Lipinski definition) is 0. The minimum atomic E-state index is -0.174. The van der Waals surface area contributed by atoms with E-state index >= 15 is 0 Å². The van der Waals surface area contributed by atoms with Gasteiger partial charge in [0, 0.05) is 6.42 Å². The maximum Gasteiger partial charge on any atom is 0.173 e. The summed E-state index contributed by atoms with van der Waals surface area (Å²) in [5.74, 6) is 2.06. The Morgan fingerprint density at radius 3 is 2.57 bits per heavy atom. The first-order valence-electron chi connectivity index (χ1n) is 8.85. The highest BCUT2D eigenvalue weighted by Gasteiger charge is 2.41. The number of ether oxygens (including phenoxy) is 1. The zero-order valence-electron chi connectivity index (χ0n) is 14.1. The third-order valence-corrected chi connectivity index (χ3v) is 5.48. The number of Topliss-reactive ketones (excluding diaryl/α,β-unsaturated/α-hetero) is 2. The third kappa shape index (κ3) is 3.49. The minimum absolute atomic E-state index is 0.0655. The van der Waals surface area contributed by atoms with E-state index in [0.717, 1.165) is 24.5 Å². The Balaban J connectivity index is 1.85. The van der Waals surface area contributed by atoms with Gasteiger partial charge in [0.15, 0.2) is 5.78 Å². The zero-order valence-corrected chi connectivity index (χ0v) is 14.1. The number of benzene rings is 1. The number of para-hydroxylation sites is 1. The Bertz CT molecular complexity index is 584. The van der Waals surface area contributed by atoms with Crippen LogP contribution in [0.3, 0.4) is 0 Å². The van der Waals surface area contributed by atoms with Gasteiger partial charge in [-0.15, -0.1) is 0 Å². The van der Waals surface area contributed by atoms with Gasteiger partial charge in [0.1, 0.15) is 17.6 Å². The largest absolute Gasteiger partial charge is 0.489 e. The van der Waals surface area contributed by atoms with E-state index in [2.05, 4.69) is 6.92 Å². The molecule has 3 heteroatoms. The fraction of sp³-hybridized carbons (Fsp3) is 0.600. The van der Waals surface area contributed by atoms with Gasteiger partial charge < -0.3 is 9.53 Å². The summed E-state index contributed by atoms with van der Waals surface area (Å²) in [6.45, 7) is 3.89. The number of hydrogen-bond acceptors (Lipinski definition) is 3. The number of carbonyl (C=O) groups is 2. The summed E-state index contributed by atoms with van der Waals surface area (Å²) in [7, 11) is 0. The van der Waals surface area contributed by atoms with Gasteiger partial charge in [-0.1, -0.05) is 31.9 Å². The van der Waals surface area contributed by atoms with Crippen molar-refractivity contribution < 1.29 is 14.3 Å². The van der Waals surface area contributed by atoms with E-state index in [1.54, 1.807) is 6.92 Å². The Labute approximate surface area is 138 Å². The molecule has 0 spiro atoms. The number of fused-ring (bicyclic) bond motifs is 1. The van der Waals surface area contributed by atoms with Crippen molar-refractivity contribution in [3.63, 3.8) is 0 Å². The fourth-order valence-electron chi connectivity index (χ4n) is 4.04. The maximum absolute atomic E-state index is 13.0. The predicted octanol–water partition coefficient (Wildman–Crippen LogP) is 4.44. The van der Waals surface area contributed by atoms with E-state index in [9.17, 15) is 9.59 Å². The van der Waals surface area contributed by atoms with E-state index in [0.29, 0.717) is 24.3 Å². The van der Waals surface area contributed by atoms with Gasteiger partial charge in [-0.3, -0.25) is 4.79 Å². The maximum atomic E-state index is 13.0. The fourth-order valence-corrected chi connectivity index (χ4v) is 4.04. The molecule has 2 unspecified atom stereocenters. The quantitative estimate of drug-likeness (QED) is 0.825. The van der Waals surface area contributed by atoms with E-state index < -0.39 is 0 Å². The average Bonchev–Trinajstić information content (AvgIpc) is 2.54. The average molecular weight is 314 g/mol. The molecular weight excluding hydrogens is 288 g/mol. The molecule has 0 radical (unpaired) electrons. The molecule has 23 heavy (non-hydrogen) atoms. The van der Waals surface area contributed by atoms with Crippen LogP contribution in [0.4, 0.5) is 0 Å². The van der Waals surface area contributed by atoms with Crippen molar-refractivity contribution in [2.45, 2.75) is 58.5 Å². The Morgan fingerprint density at radius 1 is 1.17 bits per heavy atom. The summed E-state index contributed by atoms with van der Waals surface area (Å²) in [5.41, 5.74) is 0.682. The number of ketones is 2. The molecule has 124 valence electrons. The molecule has 1 aliphatic carbocycles. The molecule has 3 rings (SSSR count). The molecule has 3 nitrogen and oxygen atoms in total. The van der Waals surface area contributed by atoms with Crippen LogP contribution >= 0.6 is 0 Å². The van der Waals surface area contributed by atoms with Crippen molar-refractivity contribution in [3.05, 3.63) is 29.8 Å². The van der Waals surface area contributed by atoms with Crippen LogP contribution in [0.2, 0.25) is 0 Å². The lowest BCUT2D eigenvalue weighted by Gasteiger charge is -2.40. The van der Waals surface area contributed by atoms with Crippen molar-refractivity contribution in [1.82, 2.24) is 0 Å². The Morgan fingerprint density at radius 2 is 1.87 bits per heavy atom. The molecular formula is C20H26O3. The summed E-state index contributed by atoms with van der Waals surface area (Å²) < 4.78 is 6.29. The van der Waals surface area contributed by atoms with Crippen LogP contribution in [-0.2, 0) is 4.79 Å². The summed E-state index contributed by atoms with van der Waals surface area (Å²) in [6, 6.07) is 7.54. The van der Waals surface area contributed by atoms with Crippen LogP contribution in [0.1, 0.15) is 62.7 Å². The van der Waals surface area contributed by atoms with Crippen LogP contribution < -0.4 is 4.74 Å². The van der Waals surface area contributed by atoms with Crippen molar-refractivity contribution in [1.29, 1.82) is 0 Å². The van der Waals surface area contributed by atoms with Crippen molar-refractivity contribution >= 4 is 11.6 Å². The van der Waals surface area contributed by atoms with Crippen LogP contribution in [0, 0.1) is 17.8 Å². The summed E-state index contributed by atoms with van der Waals surface area (Å²) in [5, 5.41) is 0. The molecule has 0 aromatic heterocycles. The molecule has 1 aromatic carbocycles. The second kappa shape index (κ2) is 6.86. The predicted molar refractivity (Wildman–Crippen MR) is 89.7 cm³/mol. The number of rotatable bonds is 4. The molecule has 2 aliphatic rings. The number of carbonyl (C=O) groups excluding carboxylic acids is 2. The van der Waals surface area contributed by atoms with Crippen LogP contribution in [0.25, 0.3) is 0 Å². The lowest BCUT2D eigenvalue weighted by molar-refractivity contribution is -0.117. The SMILES string of the molecule is CC(=O)CCC1C(=O)c2ccccc2OC1C1CCC(C)CC1. The lowest BCUT2D eigenvalue weighted by Crippen LogP contribution is -2.44. The monoisotopic (exact) mass is 314 g/mol. The standard InChI is InChI=1S/C20H26O3/c1-13-7-10-15(11-8-13)20-17(12-9-14(2)21)19(22)16-5-3-4-6-18(16)23-20/h3-6,13,15,17,20H,7-12H2,1-2H3. The van der Waals surface area contributed by atoms with Crippen molar-refractivity contribution in [2.24, 2.45) is 17.8 Å². The molecule has 0 amide bonds. The first-order valence-corrected chi connectivity index (χ1v) is 8.85. The van der Waals surface area contributed by atoms with E-state index in [4.69, 9.17) is 4.74 Å². The van der Waals surface area contributed by atoms with Gasteiger partial charge in [0.25, 0.3) is 0 Å². The first kappa shape index (κ1) is 16.2. The van der Waals surface area contributed by atoms with Crippen LogP contribution in [0.5, 0.6) is 5.75 Å². The van der Waals surface area contributed by atoms with Crippen LogP contribution in [0.15, 0.2) is 24.3 Å². The van der Waals surface area contributed by atoms with Gasteiger partial charge in [-0.2, -0.15) is 0 Å². The summed E-state index contributed by atoms with van der Waals surface area (Å²) >= 11 is 0. The van der Waals surface area contributed by atoms with E-state index in [1.807, 2.05) is 24.3 Å². The molecule has 0 N–H and O–H groups in total. The lowest BCUT2D eigenvalue weighted by atomic mass is 9.73. The Kier molecular flexibility index (Phi) is 4.84. The summed E-state index contributed by atoms with van der Waals surface area (Å²) in [6.07, 6.45) is 5.67. The van der Waals surface area contributed by atoms with Gasteiger partial charge >= 0.3 is 0 Å². The summed E-state index contributed by atoms with van der Waals surface area (Å²) in [4.78, 5) is 24.4. The molecule has 2 atom stereocenters. The molecule has 1 fully saturated rings. The third-order valence-electron chi connectivity index (χ3n) is 5.48. The smallest absolute Gasteiger partial charge is 0.173 e. The zero-order chi connectivity index (χ0) is 16.4. The Hall–Kier alpha value is -1.64. The molecule has 0 saturated heterocycles. The highest BCUT2D eigenvalue weighted by molar-refractivity contribution is 6.01. The van der Waals surface area contributed by atoms with Gasteiger partial charge in [0.05, 0.1) is 11.5 Å². The van der Waals surface area contributed by atoms with Crippen LogP contribution in [-0.4, -0.2) is 17.7 Å². The first-order chi connectivity index (χ1) is 11.1. The molecule has 1 aromatic rings. The second-order valence-electron chi connectivity index (χ2n) is 7.31. The van der Waals surface area contributed by atoms with Crippen molar-refractivity contribution in [2.75, 3.05) is 0 Å². The minimum Gasteiger partial charge on any atom is -0.489 e. The topological polar surface area (TPSA) is 43.4 Å². The highest BCUT2D eigenvalue weighted by Crippen LogP contribution is 2.41. The van der Waals surface area contributed by atoms with E-state index in [-0.39, 0.29) is 23.6 Å². The molecule has 1 saturated carbocycles. The normalized spacial score (nSPS) is 30.4. The van der Waals surface area contributed by atoms with E-state index in [1.165, 1.54) is 12.8 Å². The van der Waals surface area contributed by atoms with Crippen molar-refractivity contribution in [3.8, 4) is 5.75 Å². The van der Waals surface area contributed by atoms with Gasteiger partial charge in [0.2, 0.25) is 0 Å². The molecule has 0 bridgehead atoms. The second-order valence-corrected chi connectivity index (χ2v) is 7.31. The highest BCUT2D eigenvalue weighted by atomic mass is 16.5. The van der Waals surface area contributed by atoms with Gasteiger partial charge in [-0.25, -0.2) is 0 Å². The van der Waals surface area contributed by atoms with Gasteiger partial charge in [-0.05, 0) is 50.2 Å². The molecule has 1 aliphatic heterocycles. The molecule has 1 heterocycles.